The lowest BCUT2D eigenvalue weighted by Gasteiger charge is -2.72. The van der Waals surface area contributed by atoms with Crippen LogP contribution in [0.4, 0.5) is 0 Å². The number of hydrogen-bond donors (Lipinski definition) is 0. The van der Waals surface area contributed by atoms with Crippen molar-refractivity contribution in [3.8, 4) is 0 Å². The maximum atomic E-state index is 4.25. The van der Waals surface area contributed by atoms with E-state index in [1.165, 1.54) is 25.0 Å². The molecule has 3 fully saturated rings. The summed E-state index contributed by atoms with van der Waals surface area (Å²) in [5, 5.41) is 8.27. The van der Waals surface area contributed by atoms with Crippen molar-refractivity contribution in [3.63, 3.8) is 0 Å². The Morgan fingerprint density at radius 3 is 2.43 bits per heavy atom. The molecule has 0 aliphatic heterocycles. The van der Waals surface area contributed by atoms with E-state index in [2.05, 4.69) is 30.4 Å². The third-order valence-corrected chi connectivity index (χ3v) is 4.44. The van der Waals surface area contributed by atoms with Gasteiger partial charge in [-0.2, -0.15) is 0 Å². The zero-order chi connectivity index (χ0) is 9.97. The molecule has 0 atom stereocenters. The van der Waals surface area contributed by atoms with Crippen LogP contribution in [0.3, 0.4) is 0 Å². The Kier molecular flexibility index (Phi) is 1.33. The SMILES string of the molecule is CC(C)C12CC(c3cn(C)nn3)(C1)C2. The highest BCUT2D eigenvalue weighted by Crippen LogP contribution is 2.75. The van der Waals surface area contributed by atoms with Gasteiger partial charge in [0.15, 0.2) is 0 Å². The summed E-state index contributed by atoms with van der Waals surface area (Å²) in [5.74, 6) is 0.834. The second kappa shape index (κ2) is 2.20. The molecule has 3 heteroatoms. The average Bonchev–Trinajstić information content (AvgIpc) is 2.28. The van der Waals surface area contributed by atoms with Crippen molar-refractivity contribution in [2.75, 3.05) is 0 Å². The molecule has 0 unspecified atom stereocenters. The summed E-state index contributed by atoms with van der Waals surface area (Å²) in [5.41, 5.74) is 2.32. The van der Waals surface area contributed by atoms with Gasteiger partial charge in [-0.25, -0.2) is 0 Å². The van der Waals surface area contributed by atoms with Crippen LogP contribution in [0.5, 0.6) is 0 Å². The molecule has 1 aromatic heterocycles. The number of aryl methyl sites for hydroxylation is 1. The zero-order valence-corrected chi connectivity index (χ0v) is 9.12. The Hall–Kier alpha value is -0.860. The smallest absolute Gasteiger partial charge is 0.0889 e. The fourth-order valence-corrected chi connectivity index (χ4v) is 3.34. The van der Waals surface area contributed by atoms with Gasteiger partial charge in [0.25, 0.3) is 0 Å². The fourth-order valence-electron chi connectivity index (χ4n) is 3.34. The molecule has 3 aliphatic carbocycles. The minimum atomic E-state index is 0.429. The van der Waals surface area contributed by atoms with Gasteiger partial charge in [-0.3, -0.25) is 4.68 Å². The van der Waals surface area contributed by atoms with E-state index in [-0.39, 0.29) is 0 Å². The van der Waals surface area contributed by atoms with Crippen molar-refractivity contribution >= 4 is 0 Å². The molecule has 0 radical (unpaired) electrons. The first-order valence-electron chi connectivity index (χ1n) is 5.43. The molecule has 4 rings (SSSR count). The van der Waals surface area contributed by atoms with Crippen molar-refractivity contribution in [2.45, 2.75) is 38.5 Å². The van der Waals surface area contributed by atoms with Gasteiger partial charge >= 0.3 is 0 Å². The summed E-state index contributed by atoms with van der Waals surface area (Å²) in [6.07, 6.45) is 6.12. The molecule has 2 bridgehead atoms. The standard InChI is InChI=1S/C11H17N3/c1-8(2)10-5-11(6-10,7-10)9-4-14(3)13-12-9/h4,8H,5-7H2,1-3H3. The van der Waals surface area contributed by atoms with Gasteiger partial charge in [-0.15, -0.1) is 5.10 Å². The lowest BCUT2D eigenvalue weighted by atomic mass is 9.31. The molecule has 1 heterocycles. The van der Waals surface area contributed by atoms with Crippen LogP contribution in [0, 0.1) is 11.3 Å². The molecule has 3 saturated carbocycles. The molecule has 3 aliphatic rings. The summed E-state index contributed by atoms with van der Waals surface area (Å²) < 4.78 is 1.82. The monoisotopic (exact) mass is 191 g/mol. The van der Waals surface area contributed by atoms with E-state index in [9.17, 15) is 0 Å². The fraction of sp³-hybridized carbons (Fsp3) is 0.818. The van der Waals surface area contributed by atoms with Gasteiger partial charge in [0, 0.05) is 18.7 Å². The lowest BCUT2D eigenvalue weighted by molar-refractivity contribution is -0.174. The molecule has 0 N–H and O–H groups in total. The quantitative estimate of drug-likeness (QED) is 0.714. The van der Waals surface area contributed by atoms with Crippen molar-refractivity contribution in [1.29, 1.82) is 0 Å². The van der Waals surface area contributed by atoms with Gasteiger partial charge in [0.2, 0.25) is 0 Å². The van der Waals surface area contributed by atoms with Crippen LogP contribution in [-0.2, 0) is 12.5 Å². The topological polar surface area (TPSA) is 30.7 Å². The first kappa shape index (κ1) is 8.45. The summed E-state index contributed by atoms with van der Waals surface area (Å²) >= 11 is 0. The van der Waals surface area contributed by atoms with Gasteiger partial charge in [-0.1, -0.05) is 19.1 Å². The normalized spacial score (nSPS) is 39.4. The van der Waals surface area contributed by atoms with Crippen molar-refractivity contribution in [2.24, 2.45) is 18.4 Å². The maximum absolute atomic E-state index is 4.25. The van der Waals surface area contributed by atoms with E-state index >= 15 is 0 Å². The zero-order valence-electron chi connectivity index (χ0n) is 9.12. The average molecular weight is 191 g/mol. The van der Waals surface area contributed by atoms with Crippen molar-refractivity contribution < 1.29 is 0 Å². The van der Waals surface area contributed by atoms with Crippen LogP contribution in [0.25, 0.3) is 0 Å². The Balaban J connectivity index is 1.81. The lowest BCUT2D eigenvalue weighted by Crippen LogP contribution is -2.66. The first-order chi connectivity index (χ1) is 6.56. The van der Waals surface area contributed by atoms with E-state index in [0.717, 1.165) is 5.92 Å². The molecule has 0 aromatic carbocycles. The molecule has 0 spiro atoms. The van der Waals surface area contributed by atoms with E-state index in [1.807, 2.05) is 11.7 Å². The predicted molar refractivity (Wildman–Crippen MR) is 53.8 cm³/mol. The highest BCUT2D eigenvalue weighted by molar-refractivity contribution is 5.33. The van der Waals surface area contributed by atoms with Crippen LogP contribution in [-0.4, -0.2) is 15.0 Å². The summed E-state index contributed by atoms with van der Waals surface area (Å²) in [6.45, 7) is 4.69. The second-order valence-corrected chi connectivity index (χ2v) is 5.61. The van der Waals surface area contributed by atoms with Crippen molar-refractivity contribution in [1.82, 2.24) is 15.0 Å². The van der Waals surface area contributed by atoms with Crippen LogP contribution in [0.1, 0.15) is 38.8 Å². The van der Waals surface area contributed by atoms with Crippen LogP contribution in [0.15, 0.2) is 6.20 Å². The van der Waals surface area contributed by atoms with Crippen molar-refractivity contribution in [3.05, 3.63) is 11.9 Å². The van der Waals surface area contributed by atoms with Gasteiger partial charge < -0.3 is 0 Å². The van der Waals surface area contributed by atoms with E-state index in [4.69, 9.17) is 0 Å². The molecular weight excluding hydrogens is 174 g/mol. The minimum absolute atomic E-state index is 0.429. The summed E-state index contributed by atoms with van der Waals surface area (Å²) in [4.78, 5) is 0. The van der Waals surface area contributed by atoms with Gasteiger partial charge in [0.05, 0.1) is 5.69 Å². The van der Waals surface area contributed by atoms with Gasteiger partial charge in [0.1, 0.15) is 0 Å². The number of hydrogen-bond acceptors (Lipinski definition) is 2. The molecule has 0 saturated heterocycles. The van der Waals surface area contributed by atoms with Crippen LogP contribution in [0.2, 0.25) is 0 Å². The van der Waals surface area contributed by atoms with E-state index in [0.29, 0.717) is 10.8 Å². The van der Waals surface area contributed by atoms with Crippen LogP contribution < -0.4 is 0 Å². The van der Waals surface area contributed by atoms with Crippen LogP contribution >= 0.6 is 0 Å². The summed E-state index contributed by atoms with van der Waals surface area (Å²) in [7, 11) is 1.94. The number of rotatable bonds is 2. The highest BCUT2D eigenvalue weighted by Gasteiger charge is 2.70. The second-order valence-electron chi connectivity index (χ2n) is 5.61. The Labute approximate surface area is 84.5 Å². The third kappa shape index (κ3) is 0.787. The molecule has 1 aromatic rings. The van der Waals surface area contributed by atoms with E-state index in [1.54, 1.807) is 0 Å². The summed E-state index contributed by atoms with van der Waals surface area (Å²) in [6, 6.07) is 0. The molecule has 0 amide bonds. The van der Waals surface area contributed by atoms with E-state index < -0.39 is 0 Å². The Bertz CT molecular complexity index is 358. The third-order valence-electron chi connectivity index (χ3n) is 4.44. The maximum Gasteiger partial charge on any atom is 0.0889 e. The first-order valence-corrected chi connectivity index (χ1v) is 5.43. The molecule has 3 nitrogen and oxygen atoms in total. The highest BCUT2D eigenvalue weighted by atomic mass is 15.4. The Morgan fingerprint density at radius 1 is 1.36 bits per heavy atom. The number of nitrogens with zero attached hydrogens (tertiary/aromatic N) is 3. The molecular formula is C11H17N3. The molecule has 76 valence electrons. The number of aromatic nitrogens is 3. The Morgan fingerprint density at radius 2 is 2.00 bits per heavy atom. The largest absolute Gasteiger partial charge is 0.255 e. The molecule has 14 heavy (non-hydrogen) atoms. The van der Waals surface area contributed by atoms with Gasteiger partial charge in [-0.05, 0) is 30.6 Å². The predicted octanol–water partition coefficient (Wildman–Crippen LogP) is 1.89. The minimum Gasteiger partial charge on any atom is -0.255 e.